The molecule has 0 spiro atoms. The summed E-state index contributed by atoms with van der Waals surface area (Å²) in [5.74, 6) is 0. The highest BCUT2D eigenvalue weighted by Gasteiger charge is 2.35. The summed E-state index contributed by atoms with van der Waals surface area (Å²) in [7, 11) is 1.74. The first kappa shape index (κ1) is 15.0. The van der Waals surface area contributed by atoms with E-state index in [1.807, 2.05) is 0 Å². The van der Waals surface area contributed by atoms with Crippen molar-refractivity contribution in [2.45, 2.75) is 18.3 Å². The van der Waals surface area contributed by atoms with E-state index in [0.717, 1.165) is 45.8 Å². The standard InChI is InChI=1S/C15H22BrNO2/c1-18-11-8-17-12-15(6-9-19-10-7-15)13-4-2-3-5-14(13)16/h2-5,17H,6-12H2,1H3. The highest BCUT2D eigenvalue weighted by Crippen LogP contribution is 2.38. The van der Waals surface area contributed by atoms with E-state index in [4.69, 9.17) is 9.47 Å². The number of hydrogen-bond acceptors (Lipinski definition) is 3. The Kier molecular flexibility index (Phi) is 5.82. The minimum absolute atomic E-state index is 0.173. The molecule has 1 N–H and O–H groups in total. The lowest BCUT2D eigenvalue weighted by Gasteiger charge is -2.38. The van der Waals surface area contributed by atoms with Crippen LogP contribution in [0.3, 0.4) is 0 Å². The van der Waals surface area contributed by atoms with Crippen LogP contribution in [0.25, 0.3) is 0 Å². The zero-order valence-corrected chi connectivity index (χ0v) is 13.0. The van der Waals surface area contributed by atoms with Crippen LogP contribution in [0.15, 0.2) is 28.7 Å². The second-order valence-electron chi connectivity index (χ2n) is 5.04. The fourth-order valence-corrected chi connectivity index (χ4v) is 3.40. The third kappa shape index (κ3) is 3.78. The average Bonchev–Trinajstić information content (AvgIpc) is 2.45. The molecule has 19 heavy (non-hydrogen) atoms. The van der Waals surface area contributed by atoms with Gasteiger partial charge in [0.15, 0.2) is 0 Å². The van der Waals surface area contributed by atoms with Crippen molar-refractivity contribution in [2.75, 3.05) is 40.0 Å². The molecule has 0 aromatic heterocycles. The first-order valence-corrected chi connectivity index (χ1v) is 7.60. The average molecular weight is 328 g/mol. The van der Waals surface area contributed by atoms with Gasteiger partial charge in [-0.15, -0.1) is 0 Å². The minimum Gasteiger partial charge on any atom is -0.383 e. The molecule has 4 heteroatoms. The Morgan fingerprint density at radius 2 is 2.05 bits per heavy atom. The lowest BCUT2D eigenvalue weighted by atomic mass is 9.74. The van der Waals surface area contributed by atoms with Crippen LogP contribution in [0, 0.1) is 0 Å². The van der Waals surface area contributed by atoms with Crippen LogP contribution in [0.4, 0.5) is 0 Å². The van der Waals surface area contributed by atoms with Crippen molar-refractivity contribution in [3.63, 3.8) is 0 Å². The largest absolute Gasteiger partial charge is 0.383 e. The molecule has 1 saturated heterocycles. The number of ether oxygens (including phenoxy) is 2. The Hall–Kier alpha value is -0.420. The molecular weight excluding hydrogens is 306 g/mol. The van der Waals surface area contributed by atoms with Crippen molar-refractivity contribution in [1.29, 1.82) is 0 Å². The first-order valence-electron chi connectivity index (χ1n) is 6.81. The van der Waals surface area contributed by atoms with Crippen molar-refractivity contribution in [3.05, 3.63) is 34.3 Å². The Bertz CT molecular complexity index is 391. The van der Waals surface area contributed by atoms with Gasteiger partial charge in [-0.2, -0.15) is 0 Å². The van der Waals surface area contributed by atoms with Crippen LogP contribution in [0.1, 0.15) is 18.4 Å². The van der Waals surface area contributed by atoms with Crippen LogP contribution < -0.4 is 5.32 Å². The molecule has 0 unspecified atom stereocenters. The van der Waals surface area contributed by atoms with Crippen LogP contribution in [0.2, 0.25) is 0 Å². The molecule has 0 saturated carbocycles. The number of methoxy groups -OCH3 is 1. The molecule has 1 aromatic carbocycles. The molecule has 1 aromatic rings. The fraction of sp³-hybridized carbons (Fsp3) is 0.600. The summed E-state index contributed by atoms with van der Waals surface area (Å²) in [6.07, 6.45) is 2.13. The van der Waals surface area contributed by atoms with Gasteiger partial charge in [-0.1, -0.05) is 34.1 Å². The predicted octanol–water partition coefficient (Wildman–Crippen LogP) is 2.73. The normalized spacial score (nSPS) is 18.4. The fourth-order valence-electron chi connectivity index (χ4n) is 2.70. The van der Waals surface area contributed by atoms with E-state index in [9.17, 15) is 0 Å². The predicted molar refractivity (Wildman–Crippen MR) is 80.6 cm³/mol. The second-order valence-corrected chi connectivity index (χ2v) is 5.90. The smallest absolute Gasteiger partial charge is 0.0587 e. The highest BCUT2D eigenvalue weighted by molar-refractivity contribution is 9.10. The molecule has 2 rings (SSSR count). The third-order valence-corrected chi connectivity index (χ3v) is 4.53. The number of halogens is 1. The molecule has 1 aliphatic rings. The molecule has 1 aliphatic heterocycles. The minimum atomic E-state index is 0.173. The zero-order chi connectivity index (χ0) is 13.6. The van der Waals surface area contributed by atoms with Crippen LogP contribution in [0.5, 0.6) is 0 Å². The van der Waals surface area contributed by atoms with E-state index in [1.165, 1.54) is 10.0 Å². The SMILES string of the molecule is COCCNCC1(c2ccccc2Br)CCOCC1. The summed E-state index contributed by atoms with van der Waals surface area (Å²) in [5.41, 5.74) is 1.56. The van der Waals surface area contributed by atoms with Gasteiger partial charge in [-0.3, -0.25) is 0 Å². The van der Waals surface area contributed by atoms with Crippen molar-refractivity contribution >= 4 is 15.9 Å². The molecule has 0 bridgehead atoms. The maximum Gasteiger partial charge on any atom is 0.0587 e. The maximum atomic E-state index is 5.55. The van der Waals surface area contributed by atoms with E-state index in [-0.39, 0.29) is 5.41 Å². The summed E-state index contributed by atoms with van der Waals surface area (Å²) in [5, 5.41) is 3.52. The van der Waals surface area contributed by atoms with Crippen molar-refractivity contribution in [2.24, 2.45) is 0 Å². The molecule has 0 atom stereocenters. The van der Waals surface area contributed by atoms with Gasteiger partial charge in [0, 0.05) is 43.3 Å². The van der Waals surface area contributed by atoms with E-state index < -0.39 is 0 Å². The third-order valence-electron chi connectivity index (χ3n) is 3.84. The van der Waals surface area contributed by atoms with E-state index in [0.29, 0.717) is 0 Å². The van der Waals surface area contributed by atoms with E-state index >= 15 is 0 Å². The lowest BCUT2D eigenvalue weighted by Crippen LogP contribution is -2.43. The van der Waals surface area contributed by atoms with Crippen LogP contribution in [-0.4, -0.2) is 40.0 Å². The summed E-state index contributed by atoms with van der Waals surface area (Å²) in [6, 6.07) is 8.54. The van der Waals surface area contributed by atoms with E-state index in [2.05, 4.69) is 45.5 Å². The molecule has 1 fully saturated rings. The molecule has 0 radical (unpaired) electrons. The molecule has 0 aliphatic carbocycles. The van der Waals surface area contributed by atoms with Crippen molar-refractivity contribution < 1.29 is 9.47 Å². The van der Waals surface area contributed by atoms with Gasteiger partial charge in [0.25, 0.3) is 0 Å². The number of rotatable bonds is 6. The molecular formula is C15H22BrNO2. The topological polar surface area (TPSA) is 30.5 Å². The summed E-state index contributed by atoms with van der Waals surface area (Å²) >= 11 is 3.70. The quantitative estimate of drug-likeness (QED) is 0.815. The lowest BCUT2D eigenvalue weighted by molar-refractivity contribution is 0.0490. The number of benzene rings is 1. The second kappa shape index (κ2) is 7.39. The van der Waals surface area contributed by atoms with Gasteiger partial charge in [0.1, 0.15) is 0 Å². The van der Waals surface area contributed by atoms with Gasteiger partial charge in [0.2, 0.25) is 0 Å². The van der Waals surface area contributed by atoms with Crippen molar-refractivity contribution in [3.8, 4) is 0 Å². The molecule has 0 amide bonds. The maximum absolute atomic E-state index is 5.55. The Balaban J connectivity index is 2.12. The van der Waals surface area contributed by atoms with Crippen molar-refractivity contribution in [1.82, 2.24) is 5.32 Å². The van der Waals surface area contributed by atoms with Gasteiger partial charge >= 0.3 is 0 Å². The van der Waals surface area contributed by atoms with E-state index in [1.54, 1.807) is 7.11 Å². The van der Waals surface area contributed by atoms with Gasteiger partial charge < -0.3 is 14.8 Å². The molecule has 1 heterocycles. The van der Waals surface area contributed by atoms with Gasteiger partial charge in [0.05, 0.1) is 6.61 Å². The van der Waals surface area contributed by atoms with Crippen LogP contribution >= 0.6 is 15.9 Å². The highest BCUT2D eigenvalue weighted by atomic mass is 79.9. The monoisotopic (exact) mass is 327 g/mol. The zero-order valence-electron chi connectivity index (χ0n) is 11.5. The summed E-state index contributed by atoms with van der Waals surface area (Å²) < 4.78 is 11.8. The van der Waals surface area contributed by atoms with Crippen LogP contribution in [-0.2, 0) is 14.9 Å². The summed E-state index contributed by atoms with van der Waals surface area (Å²) in [4.78, 5) is 0. The molecule has 3 nitrogen and oxygen atoms in total. The Labute approximate surface area is 123 Å². The Morgan fingerprint density at radius 1 is 1.32 bits per heavy atom. The summed E-state index contributed by atoms with van der Waals surface area (Å²) in [6.45, 7) is 4.30. The Morgan fingerprint density at radius 3 is 2.74 bits per heavy atom. The van der Waals surface area contributed by atoms with Gasteiger partial charge in [-0.25, -0.2) is 0 Å². The molecule has 106 valence electrons. The van der Waals surface area contributed by atoms with Gasteiger partial charge in [-0.05, 0) is 24.5 Å². The number of nitrogens with one attached hydrogen (secondary N) is 1. The first-order chi connectivity index (χ1) is 9.28. The number of hydrogen-bond donors (Lipinski definition) is 1.